The number of hydrogen-bond acceptors (Lipinski definition) is 7. The molecule has 0 spiro atoms. The first-order chi connectivity index (χ1) is 14.6. The molecule has 0 bridgehead atoms. The van der Waals surface area contributed by atoms with Gasteiger partial charge in [0.25, 0.3) is 5.89 Å². The van der Waals surface area contributed by atoms with Crippen molar-refractivity contribution < 1.29 is 18.7 Å². The summed E-state index contributed by atoms with van der Waals surface area (Å²) in [5.41, 5.74) is 0.932. The molecule has 2 aromatic heterocycles. The molecule has 3 aromatic rings. The highest BCUT2D eigenvalue weighted by molar-refractivity contribution is 7.13. The van der Waals surface area contributed by atoms with Gasteiger partial charge in [0.15, 0.2) is 0 Å². The third-order valence-corrected chi connectivity index (χ3v) is 6.10. The number of ether oxygens (including phenoxy) is 2. The summed E-state index contributed by atoms with van der Waals surface area (Å²) in [4.78, 5) is 27.7. The zero-order valence-corrected chi connectivity index (χ0v) is 17.7. The van der Waals surface area contributed by atoms with Crippen molar-refractivity contribution in [2.45, 2.75) is 31.8 Å². The first-order valence-electron chi connectivity index (χ1n) is 9.74. The molecule has 1 aromatic carbocycles. The van der Waals surface area contributed by atoms with Crippen molar-refractivity contribution in [3.8, 4) is 22.3 Å². The lowest BCUT2D eigenvalue weighted by Crippen LogP contribution is -2.32. The molecule has 0 N–H and O–H groups in total. The Morgan fingerprint density at radius 1 is 1.30 bits per heavy atom. The van der Waals surface area contributed by atoms with E-state index in [-0.39, 0.29) is 30.8 Å². The largest absolute Gasteiger partial charge is 0.497 e. The first kappa shape index (κ1) is 20.2. The number of likely N-dealkylation sites (tertiary alicyclic amines) is 1. The van der Waals surface area contributed by atoms with Crippen LogP contribution in [0.2, 0.25) is 0 Å². The quantitative estimate of drug-likeness (QED) is 0.573. The number of amides is 1. The summed E-state index contributed by atoms with van der Waals surface area (Å²) in [6.45, 7) is 0.836. The highest BCUT2D eigenvalue weighted by Crippen LogP contribution is 2.39. The minimum Gasteiger partial charge on any atom is -0.497 e. The second kappa shape index (κ2) is 8.74. The Bertz CT molecular complexity index is 1070. The second-order valence-corrected chi connectivity index (χ2v) is 7.92. The van der Waals surface area contributed by atoms with Crippen LogP contribution in [-0.2, 0) is 11.3 Å². The van der Waals surface area contributed by atoms with Gasteiger partial charge in [0.2, 0.25) is 5.91 Å². The summed E-state index contributed by atoms with van der Waals surface area (Å²) in [5.74, 6) is 1.14. The Hall–Kier alpha value is -3.07. The lowest BCUT2D eigenvalue weighted by Gasteiger charge is -2.26. The fourth-order valence-electron chi connectivity index (χ4n) is 3.78. The second-order valence-electron chi connectivity index (χ2n) is 6.98. The molecule has 0 aliphatic carbocycles. The normalized spacial score (nSPS) is 16.1. The van der Waals surface area contributed by atoms with Crippen molar-refractivity contribution >= 4 is 17.2 Å². The topological polar surface area (TPSA) is 86.8 Å². The van der Waals surface area contributed by atoms with Crippen LogP contribution < -0.4 is 15.2 Å². The first-order valence-corrected chi connectivity index (χ1v) is 10.6. The molecule has 1 aliphatic rings. The van der Waals surface area contributed by atoms with Crippen LogP contribution in [0.3, 0.4) is 0 Å². The van der Waals surface area contributed by atoms with Crippen molar-refractivity contribution in [1.82, 2.24) is 14.7 Å². The van der Waals surface area contributed by atoms with Crippen LogP contribution in [0.1, 0.15) is 30.9 Å². The number of nitrogens with zero attached hydrogens (tertiary/aromatic N) is 3. The molecule has 3 heterocycles. The zero-order chi connectivity index (χ0) is 21.1. The average Bonchev–Trinajstić information content (AvgIpc) is 3.52. The molecule has 1 amide bonds. The molecule has 1 atom stereocenters. The van der Waals surface area contributed by atoms with E-state index >= 15 is 0 Å². The number of hydrogen-bond donors (Lipinski definition) is 0. The van der Waals surface area contributed by atoms with Crippen LogP contribution in [0.15, 0.2) is 44.9 Å². The van der Waals surface area contributed by atoms with E-state index in [4.69, 9.17) is 13.9 Å². The van der Waals surface area contributed by atoms with E-state index in [0.29, 0.717) is 6.54 Å². The number of rotatable bonds is 7. The summed E-state index contributed by atoms with van der Waals surface area (Å²) < 4.78 is 17.3. The van der Waals surface area contributed by atoms with Gasteiger partial charge < -0.3 is 18.8 Å². The zero-order valence-electron chi connectivity index (χ0n) is 16.9. The molecule has 8 nitrogen and oxygen atoms in total. The molecule has 1 fully saturated rings. The molecule has 1 aliphatic heterocycles. The number of methoxy groups -OCH3 is 2. The van der Waals surface area contributed by atoms with E-state index in [9.17, 15) is 9.59 Å². The van der Waals surface area contributed by atoms with Gasteiger partial charge in [-0.25, -0.2) is 4.79 Å². The third kappa shape index (κ3) is 3.97. The van der Waals surface area contributed by atoms with E-state index in [1.54, 1.807) is 14.2 Å². The molecule has 1 saturated heterocycles. The summed E-state index contributed by atoms with van der Waals surface area (Å²) in [6.07, 6.45) is 1.92. The van der Waals surface area contributed by atoms with Gasteiger partial charge >= 0.3 is 5.76 Å². The van der Waals surface area contributed by atoms with E-state index in [1.165, 1.54) is 16.0 Å². The van der Waals surface area contributed by atoms with Gasteiger partial charge in [-0.2, -0.15) is 4.68 Å². The fraction of sp³-hybridized carbons (Fsp3) is 0.381. The number of aryl methyl sites for hydroxylation is 1. The van der Waals surface area contributed by atoms with Crippen molar-refractivity contribution in [1.29, 1.82) is 0 Å². The maximum Gasteiger partial charge on any atom is 0.437 e. The summed E-state index contributed by atoms with van der Waals surface area (Å²) in [7, 11) is 3.23. The van der Waals surface area contributed by atoms with Gasteiger partial charge in [0, 0.05) is 18.5 Å². The number of carbonyl (C=O) groups is 1. The Morgan fingerprint density at radius 2 is 2.17 bits per heavy atom. The number of carbonyl (C=O) groups excluding carboxylic acids is 1. The predicted octanol–water partition coefficient (Wildman–Crippen LogP) is 3.34. The van der Waals surface area contributed by atoms with Gasteiger partial charge in [-0.1, -0.05) is 6.07 Å². The van der Waals surface area contributed by atoms with E-state index < -0.39 is 5.76 Å². The number of thiophene rings is 1. The van der Waals surface area contributed by atoms with Gasteiger partial charge in [-0.3, -0.25) is 4.79 Å². The Labute approximate surface area is 177 Å². The minimum atomic E-state index is -0.557. The van der Waals surface area contributed by atoms with Crippen molar-refractivity contribution in [3.63, 3.8) is 0 Å². The minimum absolute atomic E-state index is 0.0325. The molecule has 158 valence electrons. The Balaban J connectivity index is 1.48. The monoisotopic (exact) mass is 429 g/mol. The van der Waals surface area contributed by atoms with Crippen LogP contribution in [0.4, 0.5) is 0 Å². The maximum absolute atomic E-state index is 13.0. The molecule has 1 unspecified atom stereocenters. The predicted molar refractivity (Wildman–Crippen MR) is 112 cm³/mol. The summed E-state index contributed by atoms with van der Waals surface area (Å²) in [5, 5.41) is 6.11. The van der Waals surface area contributed by atoms with Crippen molar-refractivity contribution in [2.75, 3.05) is 20.8 Å². The van der Waals surface area contributed by atoms with Crippen LogP contribution in [0.25, 0.3) is 10.8 Å². The maximum atomic E-state index is 13.0. The fourth-order valence-corrected chi connectivity index (χ4v) is 4.43. The van der Waals surface area contributed by atoms with Crippen LogP contribution in [0, 0.1) is 0 Å². The number of benzene rings is 1. The highest BCUT2D eigenvalue weighted by Gasteiger charge is 2.32. The van der Waals surface area contributed by atoms with E-state index in [0.717, 1.165) is 34.8 Å². The van der Waals surface area contributed by atoms with E-state index in [2.05, 4.69) is 5.10 Å². The van der Waals surface area contributed by atoms with E-state index in [1.807, 2.05) is 40.6 Å². The van der Waals surface area contributed by atoms with Crippen molar-refractivity contribution in [2.24, 2.45) is 0 Å². The Morgan fingerprint density at radius 3 is 2.90 bits per heavy atom. The molecule has 4 rings (SSSR count). The Kier molecular flexibility index (Phi) is 5.89. The molecular formula is C21H23N3O5S. The molecule has 30 heavy (non-hydrogen) atoms. The third-order valence-electron chi connectivity index (χ3n) is 5.24. The van der Waals surface area contributed by atoms with Gasteiger partial charge in [-0.05, 0) is 42.5 Å². The van der Waals surface area contributed by atoms with Crippen molar-refractivity contribution in [3.05, 3.63) is 51.8 Å². The number of aromatic nitrogens is 2. The summed E-state index contributed by atoms with van der Waals surface area (Å²) >= 11 is 1.44. The average molecular weight is 429 g/mol. The van der Waals surface area contributed by atoms with Crippen LogP contribution >= 0.6 is 11.3 Å². The van der Waals surface area contributed by atoms with Gasteiger partial charge in [0.1, 0.15) is 11.5 Å². The molecule has 0 saturated carbocycles. The lowest BCUT2D eigenvalue weighted by atomic mass is 10.0. The molecule has 9 heteroatoms. The smallest absolute Gasteiger partial charge is 0.437 e. The standard InChI is InChI=1S/C21H23N3O5S/c1-27-14-7-8-17(28-2)15(13-14)16-5-3-10-23(16)19(25)9-11-24-21(26)29-20(22-24)18-6-4-12-30-18/h4,6-8,12-13,16H,3,5,9-11H2,1-2H3. The van der Waals surface area contributed by atoms with Crippen LogP contribution in [0.5, 0.6) is 11.5 Å². The SMILES string of the molecule is COc1ccc(OC)c(C2CCCN2C(=O)CCn2nc(-c3cccs3)oc2=O)c1. The highest BCUT2D eigenvalue weighted by atomic mass is 32.1. The molecular weight excluding hydrogens is 406 g/mol. The van der Waals surface area contributed by atoms with Gasteiger partial charge in [-0.15, -0.1) is 16.4 Å². The summed E-state index contributed by atoms with van der Waals surface area (Å²) in [6, 6.07) is 9.23. The van der Waals surface area contributed by atoms with Crippen LogP contribution in [-0.4, -0.2) is 41.4 Å². The molecule has 0 radical (unpaired) electrons. The lowest BCUT2D eigenvalue weighted by molar-refractivity contribution is -0.132. The van der Waals surface area contributed by atoms with Gasteiger partial charge in [0.05, 0.1) is 31.7 Å².